The van der Waals surface area contributed by atoms with Crippen molar-refractivity contribution in [1.29, 1.82) is 0 Å². The number of amides is 1. The van der Waals surface area contributed by atoms with Crippen LogP contribution in [0.2, 0.25) is 10.0 Å². The lowest BCUT2D eigenvalue weighted by atomic mass is 10.1. The summed E-state index contributed by atoms with van der Waals surface area (Å²) < 4.78 is 25.8. The molecule has 130 valence electrons. The molecule has 0 aliphatic heterocycles. The molecule has 3 N–H and O–H groups in total. The van der Waals surface area contributed by atoms with E-state index in [0.717, 1.165) is 11.3 Å². The number of anilines is 2. The molecular formula is C16H11Cl2F2N3OS. The number of carbonyl (C=O) groups excluding carboxylic acids is 1. The van der Waals surface area contributed by atoms with Crippen LogP contribution in [0.25, 0.3) is 10.2 Å². The second kappa shape index (κ2) is 6.74. The van der Waals surface area contributed by atoms with Crippen molar-refractivity contribution in [3.05, 3.63) is 50.4 Å². The van der Waals surface area contributed by atoms with E-state index in [1.807, 2.05) is 0 Å². The third kappa shape index (κ3) is 3.40. The predicted molar refractivity (Wildman–Crippen MR) is 98.1 cm³/mol. The van der Waals surface area contributed by atoms with Crippen LogP contribution in [-0.2, 0) is 0 Å². The van der Waals surface area contributed by atoms with Crippen LogP contribution in [0.5, 0.6) is 0 Å². The highest BCUT2D eigenvalue weighted by atomic mass is 35.5. The first-order valence-corrected chi connectivity index (χ1v) is 8.59. The number of aromatic nitrogens is 1. The van der Waals surface area contributed by atoms with Gasteiger partial charge in [-0.25, -0.2) is 13.8 Å². The second-order valence-corrected chi connectivity index (χ2v) is 7.11. The molecule has 0 spiro atoms. The fourth-order valence-electron chi connectivity index (χ4n) is 2.39. The molecule has 4 nitrogen and oxygen atoms in total. The van der Waals surface area contributed by atoms with E-state index in [2.05, 4.69) is 10.3 Å². The third-order valence-corrected chi connectivity index (χ3v) is 5.17. The van der Waals surface area contributed by atoms with Crippen molar-refractivity contribution in [2.45, 2.75) is 13.3 Å². The number of fused-ring (bicyclic) bond motifs is 1. The third-order valence-electron chi connectivity index (χ3n) is 3.53. The van der Waals surface area contributed by atoms with Crippen molar-refractivity contribution in [3.63, 3.8) is 0 Å². The first-order valence-electron chi connectivity index (χ1n) is 7.02. The second-order valence-electron chi connectivity index (χ2n) is 5.27. The molecule has 0 atom stereocenters. The van der Waals surface area contributed by atoms with Crippen LogP contribution < -0.4 is 11.1 Å². The van der Waals surface area contributed by atoms with E-state index in [-0.39, 0.29) is 21.3 Å². The first kappa shape index (κ1) is 17.8. The highest BCUT2D eigenvalue weighted by Crippen LogP contribution is 2.37. The van der Waals surface area contributed by atoms with E-state index in [4.69, 9.17) is 28.9 Å². The van der Waals surface area contributed by atoms with E-state index < -0.39 is 12.3 Å². The molecule has 25 heavy (non-hydrogen) atoms. The largest absolute Gasteiger partial charge is 0.397 e. The van der Waals surface area contributed by atoms with Crippen LogP contribution in [0.4, 0.5) is 20.2 Å². The maximum Gasteiger partial charge on any atom is 0.280 e. The molecule has 0 radical (unpaired) electrons. The molecular weight excluding hydrogens is 391 g/mol. The van der Waals surface area contributed by atoms with Gasteiger partial charge in [0.2, 0.25) is 0 Å². The van der Waals surface area contributed by atoms with Crippen molar-refractivity contribution in [2.75, 3.05) is 11.1 Å². The van der Waals surface area contributed by atoms with Crippen molar-refractivity contribution in [2.24, 2.45) is 0 Å². The minimum atomic E-state index is -2.70. The Hall–Kier alpha value is -1.96. The molecule has 0 aliphatic carbocycles. The number of pyridine rings is 1. The summed E-state index contributed by atoms with van der Waals surface area (Å²) in [6.45, 7) is 1.65. The normalized spacial score (nSPS) is 11.3. The van der Waals surface area contributed by atoms with Gasteiger partial charge >= 0.3 is 0 Å². The number of alkyl halides is 2. The molecule has 3 aromatic rings. The Morgan fingerprint density at radius 3 is 2.68 bits per heavy atom. The highest BCUT2D eigenvalue weighted by Gasteiger charge is 2.21. The Morgan fingerprint density at radius 2 is 2.04 bits per heavy atom. The molecule has 0 fully saturated rings. The van der Waals surface area contributed by atoms with Gasteiger partial charge in [-0.2, -0.15) is 0 Å². The van der Waals surface area contributed by atoms with Crippen molar-refractivity contribution in [3.8, 4) is 0 Å². The van der Waals surface area contributed by atoms with E-state index in [9.17, 15) is 13.6 Å². The minimum Gasteiger partial charge on any atom is -0.397 e. The molecule has 2 heterocycles. The quantitative estimate of drug-likeness (QED) is 0.592. The van der Waals surface area contributed by atoms with Crippen LogP contribution >= 0.6 is 34.5 Å². The zero-order chi connectivity index (χ0) is 18.3. The maximum atomic E-state index is 12.9. The summed E-state index contributed by atoms with van der Waals surface area (Å²) in [5.74, 6) is -0.497. The van der Waals surface area contributed by atoms with E-state index in [0.29, 0.717) is 26.5 Å². The summed E-state index contributed by atoms with van der Waals surface area (Å²) in [5.41, 5.74) is 6.81. The number of nitrogens with two attached hydrogens (primary N) is 1. The van der Waals surface area contributed by atoms with Crippen LogP contribution in [0.15, 0.2) is 24.3 Å². The molecule has 2 aromatic heterocycles. The Kier molecular flexibility index (Phi) is 4.81. The molecule has 0 unspecified atom stereocenters. The zero-order valence-corrected chi connectivity index (χ0v) is 15.1. The number of nitrogens with one attached hydrogen (secondary N) is 1. The van der Waals surface area contributed by atoms with Gasteiger partial charge in [0.05, 0.1) is 16.4 Å². The summed E-state index contributed by atoms with van der Waals surface area (Å²) in [4.78, 5) is 16.9. The fraction of sp³-hybridized carbons (Fsp3) is 0.125. The number of nitrogens with zero attached hydrogens (tertiary/aromatic N) is 1. The summed E-state index contributed by atoms with van der Waals surface area (Å²) in [6.07, 6.45) is -2.70. The summed E-state index contributed by atoms with van der Waals surface area (Å²) in [5, 5.41) is 3.85. The molecule has 1 amide bonds. The predicted octanol–water partition coefficient (Wildman–Crippen LogP) is 5.68. The van der Waals surface area contributed by atoms with Gasteiger partial charge in [-0.05, 0) is 36.8 Å². The van der Waals surface area contributed by atoms with Crippen molar-refractivity contribution < 1.29 is 13.6 Å². The van der Waals surface area contributed by atoms with E-state index in [1.165, 1.54) is 12.1 Å². The van der Waals surface area contributed by atoms with Crippen molar-refractivity contribution in [1.82, 2.24) is 4.98 Å². The van der Waals surface area contributed by atoms with Gasteiger partial charge in [0.25, 0.3) is 12.3 Å². The smallest absolute Gasteiger partial charge is 0.280 e. The van der Waals surface area contributed by atoms with Gasteiger partial charge in [-0.15, -0.1) is 11.3 Å². The summed E-state index contributed by atoms with van der Waals surface area (Å²) in [6, 6.07) is 5.91. The number of hydrogen-bond acceptors (Lipinski definition) is 4. The van der Waals surface area contributed by atoms with E-state index >= 15 is 0 Å². The molecule has 1 aromatic carbocycles. The Morgan fingerprint density at radius 1 is 1.32 bits per heavy atom. The molecule has 0 saturated carbocycles. The van der Waals surface area contributed by atoms with Gasteiger partial charge in [0, 0.05) is 10.4 Å². The van der Waals surface area contributed by atoms with Crippen LogP contribution in [0.3, 0.4) is 0 Å². The lowest BCUT2D eigenvalue weighted by Crippen LogP contribution is -2.12. The monoisotopic (exact) mass is 401 g/mol. The maximum absolute atomic E-state index is 12.9. The Labute approximate surface area is 155 Å². The number of rotatable bonds is 3. The number of carbonyl (C=O) groups is 1. The van der Waals surface area contributed by atoms with Gasteiger partial charge in [0.15, 0.2) is 0 Å². The Balaban J connectivity index is 2.01. The van der Waals surface area contributed by atoms with Gasteiger partial charge in [0.1, 0.15) is 15.4 Å². The van der Waals surface area contributed by atoms with Crippen LogP contribution in [-0.4, -0.2) is 10.9 Å². The minimum absolute atomic E-state index is 0.183. The molecule has 9 heteroatoms. The number of benzene rings is 1. The highest BCUT2D eigenvalue weighted by molar-refractivity contribution is 7.21. The molecule has 0 saturated heterocycles. The lowest BCUT2D eigenvalue weighted by molar-refractivity contribution is 0.103. The van der Waals surface area contributed by atoms with E-state index in [1.54, 1.807) is 19.1 Å². The summed E-state index contributed by atoms with van der Waals surface area (Å²) >= 11 is 12.8. The average Bonchev–Trinajstić information content (AvgIpc) is 2.87. The fourth-order valence-corrected chi connectivity index (χ4v) is 3.91. The SMILES string of the molecule is Cc1cc(C(F)F)nc2sc(C(=O)Nc3ccc(Cl)cc3Cl)c(N)c12. The lowest BCUT2D eigenvalue weighted by Gasteiger charge is -2.07. The number of aryl methyl sites for hydroxylation is 1. The number of nitrogen functional groups attached to an aromatic ring is 1. The number of halogens is 4. The molecule has 0 bridgehead atoms. The van der Waals surface area contributed by atoms with Crippen LogP contribution in [0, 0.1) is 6.92 Å². The first-order chi connectivity index (χ1) is 11.8. The number of hydrogen-bond donors (Lipinski definition) is 2. The number of thiophene rings is 1. The Bertz CT molecular complexity index is 991. The molecule has 0 aliphatic rings. The van der Waals surface area contributed by atoms with Crippen molar-refractivity contribution >= 4 is 62.0 Å². The topological polar surface area (TPSA) is 68.0 Å². The van der Waals surface area contributed by atoms with Gasteiger partial charge in [-0.1, -0.05) is 23.2 Å². The van der Waals surface area contributed by atoms with Gasteiger partial charge < -0.3 is 11.1 Å². The summed E-state index contributed by atoms with van der Waals surface area (Å²) in [7, 11) is 0. The van der Waals surface area contributed by atoms with Gasteiger partial charge in [-0.3, -0.25) is 4.79 Å². The zero-order valence-electron chi connectivity index (χ0n) is 12.7. The average molecular weight is 402 g/mol. The van der Waals surface area contributed by atoms with Crippen LogP contribution in [0.1, 0.15) is 27.4 Å². The molecule has 3 rings (SSSR count). The standard InChI is InChI=1S/C16H11Cl2F2N3OS/c1-6-4-10(14(19)20)23-16-11(6)12(21)13(25-16)15(24)22-9-3-2-7(17)5-8(9)18/h2-5,14H,21H2,1H3,(H,22,24).